The Morgan fingerprint density at radius 2 is 1.88 bits per heavy atom. The Labute approximate surface area is 147 Å². The van der Waals surface area contributed by atoms with Gasteiger partial charge < -0.3 is 5.32 Å². The van der Waals surface area contributed by atoms with Gasteiger partial charge in [-0.25, -0.2) is 8.78 Å². The average Bonchev–Trinajstić information content (AvgIpc) is 2.81. The number of rotatable bonds is 4. The maximum absolute atomic E-state index is 13.2. The zero-order valence-electron chi connectivity index (χ0n) is 12.3. The molecule has 1 heterocycles. The largest absolute Gasteiger partial charge is 0.367 e. The highest BCUT2D eigenvalue weighted by atomic mass is 32.2. The lowest BCUT2D eigenvalue weighted by atomic mass is 10.2. The fraction of sp³-hybridized carbons (Fsp3) is 0.0588. The number of hydrogen-bond donors (Lipinski definition) is 1. The molecule has 3 rings (SSSR count). The summed E-state index contributed by atoms with van der Waals surface area (Å²) in [6.45, 7) is 0.177. The van der Waals surface area contributed by atoms with Gasteiger partial charge in [0, 0.05) is 5.69 Å². The van der Waals surface area contributed by atoms with Crippen molar-refractivity contribution in [1.29, 1.82) is 0 Å². The Balaban J connectivity index is 1.71. The molecule has 1 N–H and O–H groups in total. The zero-order chi connectivity index (χ0) is 17.1. The quantitative estimate of drug-likeness (QED) is 0.651. The number of anilines is 1. The summed E-state index contributed by atoms with van der Waals surface area (Å²) in [6, 6.07) is 11.8. The van der Waals surface area contributed by atoms with E-state index < -0.39 is 0 Å². The molecule has 0 bridgehead atoms. The van der Waals surface area contributed by atoms with Gasteiger partial charge in [-0.2, -0.15) is 0 Å². The second kappa shape index (κ2) is 7.11. The molecule has 0 unspecified atom stereocenters. The molecule has 0 radical (unpaired) electrons. The van der Waals surface area contributed by atoms with Crippen LogP contribution in [0.2, 0.25) is 0 Å². The van der Waals surface area contributed by atoms with Crippen LogP contribution in [0.3, 0.4) is 0 Å². The number of amides is 1. The van der Waals surface area contributed by atoms with Crippen LogP contribution in [0.15, 0.2) is 53.4 Å². The van der Waals surface area contributed by atoms with Gasteiger partial charge in [0.15, 0.2) is 0 Å². The lowest BCUT2D eigenvalue weighted by molar-refractivity contribution is -0.121. The monoisotopic (exact) mass is 362 g/mol. The van der Waals surface area contributed by atoms with Crippen molar-refractivity contribution < 1.29 is 13.6 Å². The second-order valence-electron chi connectivity index (χ2n) is 5.01. The first-order valence-corrected chi connectivity index (χ1v) is 8.26. The highest BCUT2D eigenvalue weighted by Gasteiger charge is 2.31. The van der Waals surface area contributed by atoms with E-state index >= 15 is 0 Å². The Bertz CT molecular complexity index is 822. The van der Waals surface area contributed by atoms with Gasteiger partial charge in [0.1, 0.15) is 16.0 Å². The number of carbonyl (C=O) groups excluding carboxylic acids is 1. The third-order valence-corrected chi connectivity index (χ3v) is 4.68. The second-order valence-corrected chi connectivity index (χ2v) is 6.68. The number of thiocarbonyl (C=S) groups is 1. The average molecular weight is 362 g/mol. The SMILES string of the molecule is O=C1/C(=C\c2cccc(F)c2)SC(=S)N1CNc1ccc(F)cc1. The predicted molar refractivity (Wildman–Crippen MR) is 96.3 cm³/mol. The minimum absolute atomic E-state index is 0.177. The third kappa shape index (κ3) is 3.80. The molecule has 0 spiro atoms. The fourth-order valence-corrected chi connectivity index (χ4v) is 3.38. The molecule has 0 saturated carbocycles. The van der Waals surface area contributed by atoms with Crippen LogP contribution in [0.5, 0.6) is 0 Å². The summed E-state index contributed by atoms with van der Waals surface area (Å²) < 4.78 is 26.5. The van der Waals surface area contributed by atoms with Gasteiger partial charge in [0.05, 0.1) is 11.6 Å². The topological polar surface area (TPSA) is 32.3 Å². The highest BCUT2D eigenvalue weighted by Crippen LogP contribution is 2.32. The van der Waals surface area contributed by atoms with Crippen molar-refractivity contribution in [3.63, 3.8) is 0 Å². The Hall–Kier alpha value is -2.25. The van der Waals surface area contributed by atoms with Crippen molar-refractivity contribution in [3.8, 4) is 0 Å². The molecule has 1 aliphatic heterocycles. The summed E-state index contributed by atoms with van der Waals surface area (Å²) in [5.74, 6) is -0.940. The van der Waals surface area contributed by atoms with E-state index in [9.17, 15) is 13.6 Å². The zero-order valence-corrected chi connectivity index (χ0v) is 14.0. The molecular formula is C17H12F2N2OS2. The third-order valence-electron chi connectivity index (χ3n) is 3.31. The van der Waals surface area contributed by atoms with E-state index in [2.05, 4.69) is 5.32 Å². The summed E-state index contributed by atoms with van der Waals surface area (Å²) >= 11 is 6.39. The lowest BCUT2D eigenvalue weighted by Gasteiger charge is -2.16. The molecule has 122 valence electrons. The molecule has 1 fully saturated rings. The van der Waals surface area contributed by atoms with Crippen LogP contribution < -0.4 is 5.32 Å². The van der Waals surface area contributed by atoms with Crippen molar-refractivity contribution in [2.75, 3.05) is 12.0 Å². The molecule has 1 saturated heterocycles. The summed E-state index contributed by atoms with van der Waals surface area (Å²) in [5.41, 5.74) is 1.28. The minimum Gasteiger partial charge on any atom is -0.367 e. The molecule has 24 heavy (non-hydrogen) atoms. The number of nitrogens with zero attached hydrogens (tertiary/aromatic N) is 1. The van der Waals surface area contributed by atoms with Gasteiger partial charge in [-0.3, -0.25) is 9.69 Å². The Morgan fingerprint density at radius 3 is 2.58 bits per heavy atom. The number of hydrogen-bond acceptors (Lipinski definition) is 4. The van der Waals surface area contributed by atoms with Gasteiger partial charge in [0.25, 0.3) is 5.91 Å². The molecule has 2 aromatic carbocycles. The number of halogens is 2. The number of nitrogens with one attached hydrogen (secondary N) is 1. The first kappa shape index (κ1) is 16.6. The summed E-state index contributed by atoms with van der Waals surface area (Å²) in [6.07, 6.45) is 1.61. The van der Waals surface area contributed by atoms with E-state index in [0.717, 1.165) is 0 Å². The molecule has 1 amide bonds. The fourth-order valence-electron chi connectivity index (χ4n) is 2.12. The van der Waals surface area contributed by atoms with Crippen molar-refractivity contribution >= 4 is 46.0 Å². The van der Waals surface area contributed by atoms with Gasteiger partial charge in [-0.05, 0) is 48.0 Å². The van der Waals surface area contributed by atoms with Crippen molar-refractivity contribution in [1.82, 2.24) is 4.90 Å². The standard InChI is InChI=1S/C17H12F2N2OS2/c18-12-4-6-14(7-5-12)20-10-21-16(22)15(24-17(21)23)9-11-2-1-3-13(19)8-11/h1-9,20H,10H2/b15-9+. The van der Waals surface area contributed by atoms with Crippen LogP contribution >= 0.6 is 24.0 Å². The van der Waals surface area contributed by atoms with Gasteiger partial charge in [0.2, 0.25) is 0 Å². The Kier molecular flexibility index (Phi) is 4.92. The van der Waals surface area contributed by atoms with E-state index in [1.54, 1.807) is 30.3 Å². The molecule has 7 heteroatoms. The Morgan fingerprint density at radius 1 is 1.12 bits per heavy atom. The van der Waals surface area contributed by atoms with Crippen LogP contribution in [0.25, 0.3) is 6.08 Å². The summed E-state index contributed by atoms with van der Waals surface area (Å²) in [5, 5.41) is 3.02. The predicted octanol–water partition coefficient (Wildman–Crippen LogP) is 4.24. The van der Waals surface area contributed by atoms with E-state index in [-0.39, 0.29) is 24.2 Å². The maximum atomic E-state index is 13.2. The van der Waals surface area contributed by atoms with E-state index in [0.29, 0.717) is 20.5 Å². The molecule has 1 aliphatic rings. The van der Waals surface area contributed by atoms with Crippen LogP contribution in [-0.4, -0.2) is 21.8 Å². The van der Waals surface area contributed by atoms with Crippen LogP contribution in [0, 0.1) is 11.6 Å². The minimum atomic E-state index is -0.364. The van der Waals surface area contributed by atoms with Gasteiger partial charge in [-0.1, -0.05) is 36.1 Å². The molecule has 0 atom stereocenters. The lowest BCUT2D eigenvalue weighted by Crippen LogP contribution is -2.33. The van der Waals surface area contributed by atoms with E-state index in [1.165, 1.54) is 40.9 Å². The number of thioether (sulfide) groups is 1. The van der Waals surface area contributed by atoms with Crippen LogP contribution in [-0.2, 0) is 4.79 Å². The van der Waals surface area contributed by atoms with Crippen molar-refractivity contribution in [2.24, 2.45) is 0 Å². The molecule has 0 aromatic heterocycles. The van der Waals surface area contributed by atoms with E-state index in [4.69, 9.17) is 12.2 Å². The maximum Gasteiger partial charge on any atom is 0.267 e. The van der Waals surface area contributed by atoms with Crippen molar-refractivity contribution in [3.05, 3.63) is 70.6 Å². The first-order valence-electron chi connectivity index (χ1n) is 7.03. The first-order chi connectivity index (χ1) is 11.5. The van der Waals surface area contributed by atoms with Crippen molar-refractivity contribution in [2.45, 2.75) is 0 Å². The smallest absolute Gasteiger partial charge is 0.267 e. The highest BCUT2D eigenvalue weighted by molar-refractivity contribution is 8.26. The molecule has 3 nitrogen and oxygen atoms in total. The molecule has 2 aromatic rings. The van der Waals surface area contributed by atoms with Gasteiger partial charge >= 0.3 is 0 Å². The normalized spacial score (nSPS) is 16.1. The summed E-state index contributed by atoms with van der Waals surface area (Å²) in [4.78, 5) is 14.3. The number of carbonyl (C=O) groups is 1. The molecule has 0 aliphatic carbocycles. The van der Waals surface area contributed by atoms with E-state index in [1.807, 2.05) is 0 Å². The summed E-state index contributed by atoms with van der Waals surface area (Å²) in [7, 11) is 0. The number of benzene rings is 2. The van der Waals surface area contributed by atoms with Crippen LogP contribution in [0.1, 0.15) is 5.56 Å². The molecular weight excluding hydrogens is 350 g/mol. The van der Waals surface area contributed by atoms with Gasteiger partial charge in [-0.15, -0.1) is 0 Å². The van der Waals surface area contributed by atoms with Crippen LogP contribution in [0.4, 0.5) is 14.5 Å².